The molecule has 0 spiro atoms. The molecular weight excluding hydrogens is 330 g/mol. The number of hydrogen-bond acceptors (Lipinski definition) is 5. The average Bonchev–Trinajstić information content (AvgIpc) is 2.82. The first kappa shape index (κ1) is 15.5. The van der Waals surface area contributed by atoms with Gasteiger partial charge in [-0.2, -0.15) is 0 Å². The lowest BCUT2D eigenvalue weighted by molar-refractivity contribution is -0.255. The number of carboxylic acid groups (broad SMARTS) is 1. The predicted molar refractivity (Wildman–Crippen MR) is 92.9 cm³/mol. The molecule has 114 valence electrons. The highest BCUT2D eigenvalue weighted by atomic mass is 32.2. The fourth-order valence-electron chi connectivity index (χ4n) is 2.22. The van der Waals surface area contributed by atoms with E-state index in [0.29, 0.717) is 20.5 Å². The van der Waals surface area contributed by atoms with Crippen LogP contribution in [0.4, 0.5) is 5.69 Å². The third-order valence-corrected chi connectivity index (χ3v) is 4.58. The van der Waals surface area contributed by atoms with Gasteiger partial charge >= 0.3 is 0 Å². The number of thioether (sulfide) groups is 1. The molecule has 2 aromatic carbocycles. The van der Waals surface area contributed by atoms with E-state index >= 15 is 0 Å². The first-order valence-corrected chi connectivity index (χ1v) is 7.94. The van der Waals surface area contributed by atoms with Gasteiger partial charge < -0.3 is 9.90 Å². The van der Waals surface area contributed by atoms with Crippen LogP contribution in [0, 0.1) is 0 Å². The highest BCUT2D eigenvalue weighted by Gasteiger charge is 2.33. The maximum absolute atomic E-state index is 12.6. The maximum Gasteiger partial charge on any atom is 0.270 e. The molecule has 1 fully saturated rings. The van der Waals surface area contributed by atoms with Gasteiger partial charge in [0.25, 0.3) is 5.91 Å². The summed E-state index contributed by atoms with van der Waals surface area (Å²) in [7, 11) is 0. The van der Waals surface area contributed by atoms with Gasteiger partial charge in [0.2, 0.25) is 0 Å². The molecule has 1 saturated heterocycles. The number of carbonyl (C=O) groups excluding carboxylic acids is 2. The van der Waals surface area contributed by atoms with E-state index in [1.807, 2.05) is 18.2 Å². The van der Waals surface area contributed by atoms with E-state index in [-0.39, 0.29) is 11.5 Å². The van der Waals surface area contributed by atoms with Crippen LogP contribution < -0.4 is 10.0 Å². The van der Waals surface area contributed by atoms with Crippen molar-refractivity contribution in [2.45, 2.75) is 0 Å². The zero-order valence-electron chi connectivity index (χ0n) is 11.8. The van der Waals surface area contributed by atoms with E-state index < -0.39 is 5.97 Å². The van der Waals surface area contributed by atoms with Crippen molar-refractivity contribution in [2.75, 3.05) is 4.90 Å². The normalized spacial score (nSPS) is 16.2. The molecule has 0 unspecified atom stereocenters. The van der Waals surface area contributed by atoms with Crippen LogP contribution in [0.1, 0.15) is 15.9 Å². The van der Waals surface area contributed by atoms with Crippen LogP contribution in [0.3, 0.4) is 0 Å². The van der Waals surface area contributed by atoms with Gasteiger partial charge in [0.15, 0.2) is 4.32 Å². The van der Waals surface area contributed by atoms with Crippen LogP contribution in [0.2, 0.25) is 0 Å². The van der Waals surface area contributed by atoms with Crippen molar-refractivity contribution < 1.29 is 14.7 Å². The van der Waals surface area contributed by atoms with Crippen molar-refractivity contribution >= 4 is 51.9 Å². The van der Waals surface area contributed by atoms with Crippen molar-refractivity contribution in [1.82, 2.24) is 0 Å². The second kappa shape index (κ2) is 6.36. The van der Waals surface area contributed by atoms with Crippen LogP contribution in [-0.4, -0.2) is 16.2 Å². The van der Waals surface area contributed by atoms with Gasteiger partial charge in [-0.25, -0.2) is 0 Å². The number of rotatable bonds is 3. The minimum absolute atomic E-state index is 0.0393. The number of aromatic carboxylic acids is 1. The molecule has 3 rings (SSSR count). The van der Waals surface area contributed by atoms with Crippen LogP contribution in [0.25, 0.3) is 6.08 Å². The topological polar surface area (TPSA) is 60.4 Å². The first-order chi connectivity index (χ1) is 11.1. The Kier molecular flexibility index (Phi) is 4.27. The molecule has 0 aliphatic carbocycles. The van der Waals surface area contributed by atoms with Crippen molar-refractivity contribution in [3.63, 3.8) is 0 Å². The Balaban J connectivity index is 1.99. The fourth-order valence-corrected chi connectivity index (χ4v) is 3.51. The van der Waals surface area contributed by atoms with Gasteiger partial charge in [-0.1, -0.05) is 66.4 Å². The van der Waals surface area contributed by atoms with Crippen molar-refractivity contribution in [3.8, 4) is 0 Å². The van der Waals surface area contributed by atoms with Gasteiger partial charge in [-0.15, -0.1) is 0 Å². The number of anilines is 1. The van der Waals surface area contributed by atoms with Gasteiger partial charge in [0, 0.05) is 5.56 Å². The standard InChI is InChI=1S/C17H11NO3S2/c19-15-14(10-11-6-4-5-9-13(11)16(20)21)23-17(22)18(15)12-7-2-1-3-8-12/h1-10H,(H,20,21)/p-1. The van der Waals surface area contributed by atoms with Crippen LogP contribution in [0.15, 0.2) is 59.5 Å². The van der Waals surface area contributed by atoms with Gasteiger partial charge in [-0.05, 0) is 23.8 Å². The molecule has 0 N–H and O–H groups in total. The number of benzene rings is 2. The molecule has 1 heterocycles. The highest BCUT2D eigenvalue weighted by molar-refractivity contribution is 8.27. The Labute approximate surface area is 142 Å². The van der Waals surface area contributed by atoms with E-state index in [2.05, 4.69) is 0 Å². The monoisotopic (exact) mass is 340 g/mol. The molecule has 0 radical (unpaired) electrons. The lowest BCUT2D eigenvalue weighted by Gasteiger charge is -2.13. The van der Waals surface area contributed by atoms with E-state index in [1.165, 1.54) is 17.0 Å². The third kappa shape index (κ3) is 3.04. The molecule has 4 nitrogen and oxygen atoms in total. The minimum atomic E-state index is -1.28. The SMILES string of the molecule is O=C([O-])c1ccccc1C=C1SC(=S)N(c2ccccc2)C1=O. The molecule has 23 heavy (non-hydrogen) atoms. The lowest BCUT2D eigenvalue weighted by Crippen LogP contribution is -2.27. The summed E-state index contributed by atoms with van der Waals surface area (Å²) in [5, 5.41) is 11.2. The summed E-state index contributed by atoms with van der Waals surface area (Å²) in [6.45, 7) is 0. The van der Waals surface area contributed by atoms with E-state index in [1.54, 1.807) is 30.3 Å². The second-order valence-electron chi connectivity index (χ2n) is 4.73. The van der Waals surface area contributed by atoms with Crippen molar-refractivity contribution in [3.05, 3.63) is 70.6 Å². The third-order valence-electron chi connectivity index (χ3n) is 3.28. The summed E-state index contributed by atoms with van der Waals surface area (Å²) >= 11 is 6.42. The van der Waals surface area contributed by atoms with E-state index in [4.69, 9.17) is 12.2 Å². The fraction of sp³-hybridized carbons (Fsp3) is 0. The molecule has 0 aromatic heterocycles. The molecule has 1 amide bonds. The Bertz CT molecular complexity index is 831. The van der Waals surface area contributed by atoms with E-state index in [0.717, 1.165) is 11.8 Å². The summed E-state index contributed by atoms with van der Waals surface area (Å²) in [6.07, 6.45) is 1.54. The Morgan fingerprint density at radius 3 is 2.43 bits per heavy atom. The number of carbonyl (C=O) groups is 2. The largest absolute Gasteiger partial charge is 0.545 e. The molecule has 0 saturated carbocycles. The van der Waals surface area contributed by atoms with E-state index in [9.17, 15) is 14.7 Å². The van der Waals surface area contributed by atoms with Crippen LogP contribution in [-0.2, 0) is 4.79 Å². The number of thiocarbonyl (C=S) groups is 1. The quantitative estimate of drug-likeness (QED) is 0.634. The number of para-hydroxylation sites is 1. The minimum Gasteiger partial charge on any atom is -0.545 e. The number of amides is 1. The first-order valence-electron chi connectivity index (χ1n) is 6.71. The zero-order valence-corrected chi connectivity index (χ0v) is 13.4. The molecule has 1 aliphatic rings. The average molecular weight is 340 g/mol. The van der Waals surface area contributed by atoms with Gasteiger partial charge in [0.05, 0.1) is 16.6 Å². The highest BCUT2D eigenvalue weighted by Crippen LogP contribution is 2.36. The summed E-state index contributed by atoms with van der Waals surface area (Å²) in [6, 6.07) is 15.5. The summed E-state index contributed by atoms with van der Waals surface area (Å²) in [5.41, 5.74) is 1.14. The molecule has 6 heteroatoms. The zero-order chi connectivity index (χ0) is 16.4. The van der Waals surface area contributed by atoms with Crippen molar-refractivity contribution in [1.29, 1.82) is 0 Å². The second-order valence-corrected chi connectivity index (χ2v) is 6.40. The molecule has 0 atom stereocenters. The smallest absolute Gasteiger partial charge is 0.270 e. The maximum atomic E-state index is 12.6. The van der Waals surface area contributed by atoms with Crippen LogP contribution >= 0.6 is 24.0 Å². The molecular formula is C17H10NO3S2-. The van der Waals surface area contributed by atoms with Gasteiger partial charge in [-0.3, -0.25) is 9.69 Å². The Hall–Kier alpha value is -2.44. The molecule has 2 aromatic rings. The Morgan fingerprint density at radius 1 is 1.09 bits per heavy atom. The molecule has 1 aliphatic heterocycles. The lowest BCUT2D eigenvalue weighted by atomic mass is 10.1. The van der Waals surface area contributed by atoms with Crippen molar-refractivity contribution in [2.24, 2.45) is 0 Å². The van der Waals surface area contributed by atoms with Gasteiger partial charge in [0.1, 0.15) is 0 Å². The number of hydrogen-bond donors (Lipinski definition) is 0. The molecule has 0 bridgehead atoms. The number of carboxylic acids is 1. The summed E-state index contributed by atoms with van der Waals surface area (Å²) in [4.78, 5) is 25.6. The summed E-state index contributed by atoms with van der Waals surface area (Å²) < 4.78 is 0.415. The Morgan fingerprint density at radius 2 is 1.74 bits per heavy atom. The summed E-state index contributed by atoms with van der Waals surface area (Å²) in [5.74, 6) is -1.55. The predicted octanol–water partition coefficient (Wildman–Crippen LogP) is 2.46. The number of nitrogens with zero attached hydrogens (tertiary/aromatic N) is 1. The van der Waals surface area contributed by atoms with Crippen LogP contribution in [0.5, 0.6) is 0 Å².